The minimum atomic E-state index is -1.13. The van der Waals surface area contributed by atoms with Gasteiger partial charge in [-0.15, -0.1) is 23.2 Å². The summed E-state index contributed by atoms with van der Waals surface area (Å²) in [4.78, 5) is 11.7. The SMILES string of the molecule is CC1(C(=O)OCc2cccc(F)c2F)CC1(Cl)Cl. The number of halogens is 4. The zero-order chi connectivity index (χ0) is 13.6. The van der Waals surface area contributed by atoms with Crippen molar-refractivity contribution in [2.45, 2.75) is 24.3 Å². The maximum Gasteiger partial charge on any atom is 0.315 e. The maximum atomic E-state index is 13.3. The molecular formula is C12H10Cl2F2O2. The highest BCUT2D eigenvalue weighted by molar-refractivity contribution is 6.53. The lowest BCUT2D eigenvalue weighted by atomic mass is 10.1. The fraction of sp³-hybridized carbons (Fsp3) is 0.417. The standard InChI is InChI=1S/C12H10Cl2F2O2/c1-11(6-12(11,13)14)10(17)18-5-7-3-2-4-8(15)9(7)16/h2-4H,5-6H2,1H3. The molecule has 0 spiro atoms. The summed E-state index contributed by atoms with van der Waals surface area (Å²) in [5, 5.41) is 0. The molecule has 2 rings (SSSR count). The predicted molar refractivity (Wildman–Crippen MR) is 63.3 cm³/mol. The largest absolute Gasteiger partial charge is 0.460 e. The second kappa shape index (κ2) is 4.35. The van der Waals surface area contributed by atoms with E-state index in [1.54, 1.807) is 6.92 Å². The Morgan fingerprint density at radius 1 is 1.44 bits per heavy atom. The van der Waals surface area contributed by atoms with E-state index in [2.05, 4.69) is 0 Å². The Kier molecular flexibility index (Phi) is 3.28. The van der Waals surface area contributed by atoms with Crippen LogP contribution in [0.3, 0.4) is 0 Å². The average Bonchev–Trinajstić information content (AvgIpc) is 2.81. The Labute approximate surface area is 113 Å². The van der Waals surface area contributed by atoms with Gasteiger partial charge in [-0.25, -0.2) is 8.78 Å². The molecule has 0 aliphatic heterocycles. The molecule has 1 aliphatic carbocycles. The van der Waals surface area contributed by atoms with Gasteiger partial charge in [0, 0.05) is 12.0 Å². The van der Waals surface area contributed by atoms with Crippen molar-refractivity contribution in [2.24, 2.45) is 5.41 Å². The third kappa shape index (κ3) is 2.19. The van der Waals surface area contributed by atoms with Crippen molar-refractivity contribution in [1.29, 1.82) is 0 Å². The molecule has 0 N–H and O–H groups in total. The van der Waals surface area contributed by atoms with Crippen LogP contribution in [0.1, 0.15) is 18.9 Å². The molecule has 1 aromatic carbocycles. The predicted octanol–water partition coefficient (Wildman–Crippen LogP) is 3.59. The number of alkyl halides is 2. The highest BCUT2D eigenvalue weighted by Gasteiger charge is 2.69. The molecule has 1 atom stereocenters. The fourth-order valence-electron chi connectivity index (χ4n) is 1.58. The van der Waals surface area contributed by atoms with Crippen molar-refractivity contribution in [3.8, 4) is 0 Å². The van der Waals surface area contributed by atoms with E-state index in [1.807, 2.05) is 0 Å². The topological polar surface area (TPSA) is 26.3 Å². The van der Waals surface area contributed by atoms with Gasteiger partial charge in [-0.05, 0) is 13.0 Å². The molecule has 1 fully saturated rings. The van der Waals surface area contributed by atoms with E-state index < -0.39 is 27.4 Å². The van der Waals surface area contributed by atoms with Crippen LogP contribution in [0.25, 0.3) is 0 Å². The molecule has 0 bridgehead atoms. The van der Waals surface area contributed by atoms with E-state index in [4.69, 9.17) is 27.9 Å². The minimum Gasteiger partial charge on any atom is -0.460 e. The highest BCUT2D eigenvalue weighted by atomic mass is 35.5. The van der Waals surface area contributed by atoms with Crippen LogP contribution in [0.2, 0.25) is 0 Å². The summed E-state index contributed by atoms with van der Waals surface area (Å²) in [5.41, 5.74) is -0.998. The van der Waals surface area contributed by atoms with Crippen molar-refractivity contribution in [2.75, 3.05) is 0 Å². The van der Waals surface area contributed by atoms with Gasteiger partial charge in [0.15, 0.2) is 11.6 Å². The number of benzene rings is 1. The molecule has 0 aromatic heterocycles. The van der Waals surface area contributed by atoms with Crippen LogP contribution >= 0.6 is 23.2 Å². The number of esters is 1. The van der Waals surface area contributed by atoms with Crippen molar-refractivity contribution < 1.29 is 18.3 Å². The van der Waals surface area contributed by atoms with E-state index in [0.717, 1.165) is 6.07 Å². The molecule has 0 amide bonds. The van der Waals surface area contributed by atoms with Crippen LogP contribution in [0.4, 0.5) is 8.78 Å². The Bertz CT molecular complexity index is 505. The molecule has 2 nitrogen and oxygen atoms in total. The van der Waals surface area contributed by atoms with Gasteiger partial charge in [0.25, 0.3) is 0 Å². The molecule has 18 heavy (non-hydrogen) atoms. The Morgan fingerprint density at radius 2 is 2.06 bits per heavy atom. The van der Waals surface area contributed by atoms with Crippen LogP contribution in [0.5, 0.6) is 0 Å². The number of ether oxygens (including phenoxy) is 1. The molecular weight excluding hydrogens is 285 g/mol. The molecule has 0 saturated heterocycles. The monoisotopic (exact) mass is 294 g/mol. The highest BCUT2D eigenvalue weighted by Crippen LogP contribution is 2.64. The molecule has 1 unspecified atom stereocenters. The first-order valence-corrected chi connectivity index (χ1v) is 6.01. The Balaban J connectivity index is 2.01. The fourth-order valence-corrected chi connectivity index (χ4v) is 2.27. The van der Waals surface area contributed by atoms with E-state index in [9.17, 15) is 13.6 Å². The zero-order valence-corrected chi connectivity index (χ0v) is 11.0. The van der Waals surface area contributed by atoms with Crippen LogP contribution in [0, 0.1) is 17.0 Å². The van der Waals surface area contributed by atoms with Gasteiger partial charge in [0.05, 0.1) is 0 Å². The molecule has 1 aromatic rings. The second-order valence-corrected chi connectivity index (χ2v) is 5.99. The lowest BCUT2D eigenvalue weighted by Crippen LogP contribution is -2.21. The maximum absolute atomic E-state index is 13.3. The Hall–Kier alpha value is -0.870. The first kappa shape index (κ1) is 13.6. The van der Waals surface area contributed by atoms with Gasteiger partial charge in [0.1, 0.15) is 16.4 Å². The van der Waals surface area contributed by atoms with E-state index in [0.29, 0.717) is 0 Å². The average molecular weight is 295 g/mol. The van der Waals surface area contributed by atoms with E-state index >= 15 is 0 Å². The number of hydrogen-bond donors (Lipinski definition) is 0. The summed E-state index contributed by atoms with van der Waals surface area (Å²) in [6, 6.07) is 3.68. The lowest BCUT2D eigenvalue weighted by Gasteiger charge is -2.12. The summed E-state index contributed by atoms with van der Waals surface area (Å²) in [7, 11) is 0. The molecule has 98 valence electrons. The van der Waals surface area contributed by atoms with Gasteiger partial charge in [-0.1, -0.05) is 12.1 Å². The lowest BCUT2D eigenvalue weighted by molar-refractivity contribution is -0.151. The third-order valence-corrected chi connectivity index (χ3v) is 4.20. The van der Waals surface area contributed by atoms with Crippen LogP contribution in [-0.2, 0) is 16.1 Å². The van der Waals surface area contributed by atoms with Crippen LogP contribution < -0.4 is 0 Å². The van der Waals surface area contributed by atoms with Crippen molar-refractivity contribution in [3.05, 3.63) is 35.4 Å². The van der Waals surface area contributed by atoms with E-state index in [1.165, 1.54) is 12.1 Å². The van der Waals surface area contributed by atoms with Gasteiger partial charge < -0.3 is 4.74 Å². The van der Waals surface area contributed by atoms with Gasteiger partial charge in [0.2, 0.25) is 0 Å². The zero-order valence-electron chi connectivity index (χ0n) is 9.47. The van der Waals surface area contributed by atoms with Gasteiger partial charge in [-0.2, -0.15) is 0 Å². The smallest absolute Gasteiger partial charge is 0.315 e. The molecule has 6 heteroatoms. The van der Waals surface area contributed by atoms with Crippen LogP contribution in [0.15, 0.2) is 18.2 Å². The first-order chi connectivity index (χ1) is 8.28. The molecule has 1 saturated carbocycles. The van der Waals surface area contributed by atoms with Crippen molar-refractivity contribution >= 4 is 29.2 Å². The van der Waals surface area contributed by atoms with E-state index in [-0.39, 0.29) is 18.6 Å². The molecule has 1 aliphatic rings. The molecule has 0 heterocycles. The summed E-state index contributed by atoms with van der Waals surface area (Å²) < 4.78 is 30.0. The third-order valence-electron chi connectivity index (χ3n) is 3.10. The quantitative estimate of drug-likeness (QED) is 0.629. The minimum absolute atomic E-state index is 0.0256. The summed E-state index contributed by atoms with van der Waals surface area (Å²) in [5.74, 6) is -2.62. The van der Waals surface area contributed by atoms with Crippen LogP contribution in [-0.4, -0.2) is 10.3 Å². The Morgan fingerprint density at radius 3 is 2.61 bits per heavy atom. The summed E-state index contributed by atoms with van der Waals surface area (Å²) in [6.07, 6.45) is 0.285. The number of carbonyl (C=O) groups is 1. The number of hydrogen-bond acceptors (Lipinski definition) is 2. The van der Waals surface area contributed by atoms with Gasteiger partial charge in [-0.3, -0.25) is 4.79 Å². The van der Waals surface area contributed by atoms with Crippen molar-refractivity contribution in [3.63, 3.8) is 0 Å². The number of rotatable bonds is 3. The number of carbonyl (C=O) groups excluding carboxylic acids is 1. The first-order valence-electron chi connectivity index (χ1n) is 5.26. The summed E-state index contributed by atoms with van der Waals surface area (Å²) >= 11 is 11.6. The summed E-state index contributed by atoms with van der Waals surface area (Å²) in [6.45, 7) is 1.22. The second-order valence-electron chi connectivity index (χ2n) is 4.50. The molecule has 0 radical (unpaired) electrons. The van der Waals surface area contributed by atoms with Gasteiger partial charge >= 0.3 is 5.97 Å². The van der Waals surface area contributed by atoms with Crippen molar-refractivity contribution in [1.82, 2.24) is 0 Å². The normalized spacial score (nSPS) is 24.7.